The molecule has 1 aromatic carbocycles. The summed E-state index contributed by atoms with van der Waals surface area (Å²) >= 11 is 1.53. The van der Waals surface area contributed by atoms with Gasteiger partial charge in [-0.3, -0.25) is 4.79 Å². The van der Waals surface area contributed by atoms with Crippen molar-refractivity contribution < 1.29 is 19.8 Å². The summed E-state index contributed by atoms with van der Waals surface area (Å²) in [5.74, 6) is 0.0613. The zero-order valence-corrected chi connectivity index (χ0v) is 15.5. The highest BCUT2D eigenvalue weighted by Gasteiger charge is 2.21. The Balaban J connectivity index is 0.000000874. The first-order valence-corrected chi connectivity index (χ1v) is 7.86. The number of benzene rings is 1. The summed E-state index contributed by atoms with van der Waals surface area (Å²) in [6, 6.07) is 6.55. The Bertz CT molecular complexity index is 684. The number of carbonyl (C=O) groups is 2. The molecule has 1 saturated heterocycles. The highest BCUT2D eigenvalue weighted by Crippen LogP contribution is 2.26. The Kier molecular flexibility index (Phi) is 10.1. The first-order valence-electron chi connectivity index (χ1n) is 6.98. The molecule has 3 rings (SSSR count). The van der Waals surface area contributed by atoms with Crippen LogP contribution in [0.4, 0.5) is 4.79 Å². The van der Waals surface area contributed by atoms with E-state index in [1.165, 1.54) is 23.5 Å². The molecule has 1 fully saturated rings. The summed E-state index contributed by atoms with van der Waals surface area (Å²) in [6.45, 7) is 1.02. The number of nitrogens with one attached hydrogen (secondary N) is 1. The summed E-state index contributed by atoms with van der Waals surface area (Å²) < 4.78 is 0. The van der Waals surface area contributed by atoms with E-state index in [2.05, 4.69) is 16.0 Å². The van der Waals surface area contributed by atoms with Crippen molar-refractivity contribution in [2.45, 2.75) is 18.9 Å². The lowest BCUT2D eigenvalue weighted by Gasteiger charge is -2.04. The van der Waals surface area contributed by atoms with Crippen LogP contribution in [0.2, 0.25) is 0 Å². The van der Waals surface area contributed by atoms with Crippen molar-refractivity contribution in [3.8, 4) is 5.75 Å². The number of phenolic OH excluding ortho intramolecular Hbond substituents is 1. The number of nitrogens with two attached hydrogens (primary N) is 1. The molecule has 1 amide bonds. The molecule has 0 spiro atoms. The number of aromatic hydroxyl groups is 1. The van der Waals surface area contributed by atoms with Gasteiger partial charge in [0.05, 0.1) is 6.04 Å². The van der Waals surface area contributed by atoms with Crippen LogP contribution in [-0.4, -0.2) is 33.6 Å². The molecule has 0 radical (unpaired) electrons. The van der Waals surface area contributed by atoms with E-state index in [9.17, 15) is 9.90 Å². The fourth-order valence-electron chi connectivity index (χ4n) is 2.21. The first kappa shape index (κ1) is 23.1. The quantitative estimate of drug-likeness (QED) is 0.579. The Labute approximate surface area is 161 Å². The summed E-state index contributed by atoms with van der Waals surface area (Å²) in [5.41, 5.74) is 5.06. The molecule has 2 aromatic rings. The molecule has 0 bridgehead atoms. The molecular weight excluding hydrogens is 389 g/mol. The molecule has 0 saturated carbocycles. The molecule has 25 heavy (non-hydrogen) atoms. The van der Waals surface area contributed by atoms with Gasteiger partial charge in [0.2, 0.25) is 5.78 Å². The number of aromatic nitrogens is 1. The van der Waals surface area contributed by atoms with Crippen molar-refractivity contribution in [1.29, 1.82) is 0 Å². The van der Waals surface area contributed by atoms with Crippen LogP contribution in [-0.2, 0) is 0 Å². The van der Waals surface area contributed by atoms with Crippen molar-refractivity contribution >= 4 is 48.0 Å². The number of carboxylic acid groups (broad SMARTS) is 1. The third kappa shape index (κ3) is 6.87. The second-order valence-corrected chi connectivity index (χ2v) is 5.82. The maximum absolute atomic E-state index is 12.2. The summed E-state index contributed by atoms with van der Waals surface area (Å²) in [6.07, 6.45) is 0.909. The topological polar surface area (TPSA) is 126 Å². The minimum Gasteiger partial charge on any atom is -0.508 e. The molecule has 1 aliphatic rings. The normalized spacial score (nSPS) is 15.1. The number of carbonyl (C=O) groups excluding carboxylic acids is 1. The minimum atomic E-state index is -1.33. The standard InChI is InChI=1S/C14H14N2O2S.CH3NO2.2ClH/c17-10-5-3-9(4-6-10)13(18)12-8-19-14(16-12)11-2-1-7-15-11;2-1(3)4;;/h3-6,8,11,15,17H,1-2,7H2;2H2,(H,3,4);2*1H/t11-;;;/m0.../s1. The molecule has 0 unspecified atom stereocenters. The zero-order valence-electron chi connectivity index (χ0n) is 13.0. The number of hydrogen-bond acceptors (Lipinski definition) is 6. The van der Waals surface area contributed by atoms with Crippen LogP contribution in [0.1, 0.15) is 39.9 Å². The number of nitrogens with zero attached hydrogens (tertiary/aromatic N) is 1. The average Bonchev–Trinajstić information content (AvgIpc) is 3.18. The van der Waals surface area contributed by atoms with Gasteiger partial charge in [-0.2, -0.15) is 0 Å². The SMILES string of the molecule is Cl.Cl.NC(=O)O.O=C(c1ccc(O)cc1)c1csc([C@@H]2CCCN2)n1. The second kappa shape index (κ2) is 10.9. The molecule has 1 atom stereocenters. The molecule has 0 aliphatic carbocycles. The van der Waals surface area contributed by atoms with E-state index >= 15 is 0 Å². The average molecular weight is 408 g/mol. The van der Waals surface area contributed by atoms with Crippen LogP contribution in [0, 0.1) is 0 Å². The molecule has 10 heteroatoms. The predicted octanol–water partition coefficient (Wildman–Crippen LogP) is 2.97. The van der Waals surface area contributed by atoms with Crippen LogP contribution in [0.3, 0.4) is 0 Å². The predicted molar refractivity (Wildman–Crippen MR) is 100 cm³/mol. The number of thiazole rings is 1. The maximum Gasteiger partial charge on any atom is 0.402 e. The van der Waals surface area contributed by atoms with Crippen molar-refractivity contribution in [3.05, 3.63) is 45.9 Å². The van der Waals surface area contributed by atoms with Crippen LogP contribution in [0.5, 0.6) is 5.75 Å². The van der Waals surface area contributed by atoms with Gasteiger partial charge < -0.3 is 21.3 Å². The molecule has 7 nitrogen and oxygen atoms in total. The lowest BCUT2D eigenvalue weighted by Crippen LogP contribution is -2.13. The molecule has 2 heterocycles. The van der Waals surface area contributed by atoms with Gasteiger partial charge in [-0.1, -0.05) is 0 Å². The van der Waals surface area contributed by atoms with E-state index in [1.807, 2.05) is 5.38 Å². The fourth-order valence-corrected chi connectivity index (χ4v) is 3.12. The Hall–Kier alpha value is -1.87. The van der Waals surface area contributed by atoms with Crippen LogP contribution < -0.4 is 11.1 Å². The van der Waals surface area contributed by atoms with Gasteiger partial charge in [-0.05, 0) is 43.7 Å². The third-order valence-electron chi connectivity index (χ3n) is 3.24. The molecular formula is C15H19Cl2N3O4S. The number of ketones is 1. The van der Waals surface area contributed by atoms with Gasteiger partial charge in [0.15, 0.2) is 0 Å². The van der Waals surface area contributed by atoms with Crippen molar-refractivity contribution in [2.75, 3.05) is 6.54 Å². The molecule has 1 aliphatic heterocycles. The number of rotatable bonds is 3. The highest BCUT2D eigenvalue weighted by atomic mass is 35.5. The van der Waals surface area contributed by atoms with Crippen molar-refractivity contribution in [2.24, 2.45) is 5.73 Å². The molecule has 5 N–H and O–H groups in total. The van der Waals surface area contributed by atoms with Gasteiger partial charge in [0.1, 0.15) is 16.5 Å². The monoisotopic (exact) mass is 407 g/mol. The lowest BCUT2D eigenvalue weighted by molar-refractivity contribution is 0.103. The van der Waals surface area contributed by atoms with Gasteiger partial charge in [-0.15, -0.1) is 36.2 Å². The van der Waals surface area contributed by atoms with Crippen molar-refractivity contribution in [1.82, 2.24) is 10.3 Å². The number of halogens is 2. The summed E-state index contributed by atoms with van der Waals surface area (Å²) in [5, 5.41) is 22.6. The summed E-state index contributed by atoms with van der Waals surface area (Å²) in [4.78, 5) is 25.4. The Morgan fingerprint density at radius 2 is 1.84 bits per heavy atom. The highest BCUT2D eigenvalue weighted by molar-refractivity contribution is 7.10. The minimum absolute atomic E-state index is 0. The van der Waals surface area contributed by atoms with E-state index in [0.29, 0.717) is 17.3 Å². The zero-order chi connectivity index (χ0) is 16.8. The van der Waals surface area contributed by atoms with E-state index in [4.69, 9.17) is 9.90 Å². The lowest BCUT2D eigenvalue weighted by atomic mass is 10.1. The van der Waals surface area contributed by atoms with E-state index in [0.717, 1.165) is 24.4 Å². The van der Waals surface area contributed by atoms with Crippen LogP contribution >= 0.6 is 36.2 Å². The molecule has 138 valence electrons. The van der Waals surface area contributed by atoms with Gasteiger partial charge in [0, 0.05) is 10.9 Å². The van der Waals surface area contributed by atoms with E-state index in [-0.39, 0.29) is 36.3 Å². The Morgan fingerprint density at radius 1 is 1.24 bits per heavy atom. The second-order valence-electron chi connectivity index (χ2n) is 4.93. The van der Waals surface area contributed by atoms with E-state index in [1.54, 1.807) is 12.1 Å². The number of hydrogen-bond donors (Lipinski definition) is 4. The number of phenols is 1. The maximum atomic E-state index is 12.2. The Morgan fingerprint density at radius 3 is 2.36 bits per heavy atom. The van der Waals surface area contributed by atoms with Crippen LogP contribution in [0.15, 0.2) is 29.6 Å². The third-order valence-corrected chi connectivity index (χ3v) is 4.20. The molecule has 1 aromatic heterocycles. The van der Waals surface area contributed by atoms with Crippen molar-refractivity contribution in [3.63, 3.8) is 0 Å². The van der Waals surface area contributed by atoms with E-state index < -0.39 is 6.09 Å². The van der Waals surface area contributed by atoms with Crippen LogP contribution in [0.25, 0.3) is 0 Å². The fraction of sp³-hybridized carbons (Fsp3) is 0.267. The number of amides is 1. The van der Waals surface area contributed by atoms with Gasteiger partial charge >= 0.3 is 6.09 Å². The van der Waals surface area contributed by atoms with Gasteiger partial charge in [0.25, 0.3) is 0 Å². The van der Waals surface area contributed by atoms with Gasteiger partial charge in [-0.25, -0.2) is 9.78 Å². The number of primary amides is 1. The largest absolute Gasteiger partial charge is 0.508 e. The smallest absolute Gasteiger partial charge is 0.402 e. The first-order chi connectivity index (χ1) is 11.0. The summed E-state index contributed by atoms with van der Waals surface area (Å²) in [7, 11) is 0.